The fourth-order valence-electron chi connectivity index (χ4n) is 0.974. The van der Waals surface area contributed by atoms with Crippen LogP contribution in [0.2, 0.25) is 0 Å². The van der Waals surface area contributed by atoms with Crippen LogP contribution >= 0.6 is 11.8 Å². The van der Waals surface area contributed by atoms with Gasteiger partial charge in [-0.1, -0.05) is 5.16 Å². The van der Waals surface area contributed by atoms with E-state index in [0.717, 1.165) is 11.8 Å². The van der Waals surface area contributed by atoms with E-state index in [1.807, 2.05) is 0 Å². The van der Waals surface area contributed by atoms with Crippen LogP contribution in [0.5, 0.6) is 0 Å². The third-order valence-electron chi connectivity index (χ3n) is 1.81. The van der Waals surface area contributed by atoms with Gasteiger partial charge in [-0.3, -0.25) is 4.79 Å². The molecule has 0 bridgehead atoms. The number of aromatic nitrogens is 2. The second kappa shape index (κ2) is 7.43. The van der Waals surface area contributed by atoms with Crippen molar-refractivity contribution in [3.63, 3.8) is 0 Å². The molecule has 0 aliphatic heterocycles. The summed E-state index contributed by atoms with van der Waals surface area (Å²) in [6, 6.07) is 0. The van der Waals surface area contributed by atoms with Crippen molar-refractivity contribution in [1.29, 1.82) is 0 Å². The van der Waals surface area contributed by atoms with Crippen molar-refractivity contribution in [2.45, 2.75) is 24.7 Å². The van der Waals surface area contributed by atoms with Crippen LogP contribution in [-0.4, -0.2) is 45.9 Å². The van der Waals surface area contributed by atoms with E-state index in [9.17, 15) is 22.4 Å². The first-order valence-electron chi connectivity index (χ1n) is 5.16. The number of alkyl halides is 4. The third kappa shape index (κ3) is 5.74. The molecule has 0 spiro atoms. The predicted octanol–water partition coefficient (Wildman–Crippen LogP) is 1.80. The van der Waals surface area contributed by atoms with Gasteiger partial charge in [0.15, 0.2) is 5.82 Å². The normalized spacial score (nSPS) is 12.1. The predicted molar refractivity (Wildman–Crippen MR) is 58.7 cm³/mol. The number of carboxylic acid groups (broad SMARTS) is 1. The van der Waals surface area contributed by atoms with Crippen molar-refractivity contribution in [2.24, 2.45) is 0 Å². The van der Waals surface area contributed by atoms with Gasteiger partial charge in [0.25, 0.3) is 0 Å². The molecule has 0 unspecified atom stereocenters. The number of ether oxygens (including phenoxy) is 1. The summed E-state index contributed by atoms with van der Waals surface area (Å²) in [5.74, 6) is -5.26. The van der Waals surface area contributed by atoms with E-state index in [0.29, 0.717) is 0 Å². The van der Waals surface area contributed by atoms with Crippen LogP contribution in [0.3, 0.4) is 0 Å². The minimum atomic E-state index is -4.23. The molecule has 20 heavy (non-hydrogen) atoms. The van der Waals surface area contributed by atoms with Crippen molar-refractivity contribution in [3.05, 3.63) is 11.7 Å². The average molecular weight is 318 g/mol. The molecule has 1 heterocycles. The first-order chi connectivity index (χ1) is 9.31. The molecule has 1 N–H and O–H groups in total. The summed E-state index contributed by atoms with van der Waals surface area (Å²) in [5, 5.41) is 11.8. The fraction of sp³-hybridized carbons (Fsp3) is 0.667. The van der Waals surface area contributed by atoms with Crippen molar-refractivity contribution >= 4 is 17.7 Å². The van der Waals surface area contributed by atoms with E-state index in [1.54, 1.807) is 0 Å². The highest BCUT2D eigenvalue weighted by atomic mass is 32.2. The van der Waals surface area contributed by atoms with E-state index in [1.165, 1.54) is 0 Å². The van der Waals surface area contributed by atoms with E-state index >= 15 is 0 Å². The lowest BCUT2D eigenvalue weighted by molar-refractivity contribution is -0.168. The highest BCUT2D eigenvalue weighted by molar-refractivity contribution is 7.99. The van der Waals surface area contributed by atoms with Crippen LogP contribution in [0, 0.1) is 0 Å². The zero-order valence-corrected chi connectivity index (χ0v) is 10.7. The van der Waals surface area contributed by atoms with Gasteiger partial charge in [-0.15, -0.1) is 11.8 Å². The minimum absolute atomic E-state index is 0.0824. The van der Waals surface area contributed by atoms with Crippen LogP contribution in [0.15, 0.2) is 4.52 Å². The van der Waals surface area contributed by atoms with E-state index in [4.69, 9.17) is 5.11 Å². The van der Waals surface area contributed by atoms with Crippen LogP contribution < -0.4 is 0 Å². The lowest BCUT2D eigenvalue weighted by Crippen LogP contribution is -2.32. The zero-order chi connectivity index (χ0) is 15.2. The Hall–Kier alpha value is -1.36. The summed E-state index contributed by atoms with van der Waals surface area (Å²) in [7, 11) is 0. The summed E-state index contributed by atoms with van der Waals surface area (Å²) in [5.41, 5.74) is 0. The standard InChI is InChI=1S/C9H10F4N2O4S/c10-8(11)9(12,13)4-18-1-5-14-6(19-15-5)2-20-3-7(16)17/h8H,1-4H2,(H,16,17). The van der Waals surface area contributed by atoms with Crippen molar-refractivity contribution in [1.82, 2.24) is 10.1 Å². The SMILES string of the molecule is O=C(O)CSCc1nc(COCC(F)(F)C(F)F)no1. The molecule has 0 aliphatic carbocycles. The molecule has 6 nitrogen and oxygen atoms in total. The van der Waals surface area contributed by atoms with Gasteiger partial charge >= 0.3 is 18.3 Å². The molecule has 0 saturated heterocycles. The molecule has 0 aliphatic rings. The number of aliphatic carboxylic acids is 1. The highest BCUT2D eigenvalue weighted by Gasteiger charge is 2.41. The maximum Gasteiger partial charge on any atom is 0.330 e. The number of carboxylic acids is 1. The van der Waals surface area contributed by atoms with Gasteiger partial charge in [0.05, 0.1) is 11.5 Å². The molecule has 0 fully saturated rings. The highest BCUT2D eigenvalue weighted by Crippen LogP contribution is 2.23. The van der Waals surface area contributed by atoms with Crippen LogP contribution in [0.4, 0.5) is 17.6 Å². The third-order valence-corrected chi connectivity index (χ3v) is 2.71. The topological polar surface area (TPSA) is 85.5 Å². The minimum Gasteiger partial charge on any atom is -0.481 e. The maximum atomic E-state index is 12.5. The second-order valence-electron chi connectivity index (χ2n) is 3.55. The number of rotatable bonds is 9. The first kappa shape index (κ1) is 16.7. The Morgan fingerprint density at radius 2 is 2.20 bits per heavy atom. The molecule has 1 aromatic heterocycles. The average Bonchev–Trinajstić information content (AvgIpc) is 2.76. The van der Waals surface area contributed by atoms with Crippen LogP contribution in [0.1, 0.15) is 11.7 Å². The number of nitrogens with zero attached hydrogens (tertiary/aromatic N) is 2. The summed E-state index contributed by atoms with van der Waals surface area (Å²) >= 11 is 1.00. The van der Waals surface area contributed by atoms with Crippen molar-refractivity contribution < 1.29 is 36.7 Å². The lowest BCUT2D eigenvalue weighted by Gasteiger charge is -2.14. The molecule has 1 rings (SSSR count). The number of hydrogen-bond donors (Lipinski definition) is 1. The Bertz CT molecular complexity index is 443. The van der Waals surface area contributed by atoms with Gasteiger partial charge in [0, 0.05) is 0 Å². The number of hydrogen-bond acceptors (Lipinski definition) is 6. The Kier molecular flexibility index (Phi) is 6.20. The van der Waals surface area contributed by atoms with Gasteiger partial charge in [-0.05, 0) is 0 Å². The Labute approximate surface area is 114 Å². The maximum absolute atomic E-state index is 12.5. The molecule has 0 amide bonds. The van der Waals surface area contributed by atoms with Gasteiger partial charge in [-0.25, -0.2) is 8.78 Å². The van der Waals surface area contributed by atoms with Gasteiger partial charge in [-0.2, -0.15) is 13.8 Å². The molecular formula is C9H10F4N2O4S. The molecule has 11 heteroatoms. The lowest BCUT2D eigenvalue weighted by atomic mass is 10.4. The zero-order valence-electron chi connectivity index (χ0n) is 9.89. The van der Waals surface area contributed by atoms with Gasteiger partial charge < -0.3 is 14.4 Å². The number of carbonyl (C=O) groups is 1. The smallest absolute Gasteiger partial charge is 0.330 e. The summed E-state index contributed by atoms with van der Waals surface area (Å²) in [6.45, 7) is -1.96. The molecule has 114 valence electrons. The Balaban J connectivity index is 2.32. The molecular weight excluding hydrogens is 308 g/mol. The van der Waals surface area contributed by atoms with Crippen LogP contribution in [-0.2, 0) is 21.9 Å². The summed E-state index contributed by atoms with van der Waals surface area (Å²) < 4.78 is 57.7. The summed E-state index contributed by atoms with van der Waals surface area (Å²) in [4.78, 5) is 14.0. The summed E-state index contributed by atoms with van der Waals surface area (Å²) in [6.07, 6.45) is -3.81. The molecule has 0 saturated carbocycles. The Morgan fingerprint density at radius 3 is 2.80 bits per heavy atom. The van der Waals surface area contributed by atoms with E-state index in [2.05, 4.69) is 19.4 Å². The quantitative estimate of drug-likeness (QED) is 0.695. The van der Waals surface area contributed by atoms with Crippen LogP contribution in [0.25, 0.3) is 0 Å². The van der Waals surface area contributed by atoms with E-state index < -0.39 is 31.5 Å². The molecule has 0 radical (unpaired) electrons. The second-order valence-corrected chi connectivity index (χ2v) is 4.53. The Morgan fingerprint density at radius 1 is 1.50 bits per heavy atom. The molecule has 0 aromatic carbocycles. The van der Waals surface area contributed by atoms with Crippen molar-refractivity contribution in [3.8, 4) is 0 Å². The van der Waals surface area contributed by atoms with Gasteiger partial charge in [0.2, 0.25) is 5.89 Å². The number of thioether (sulfide) groups is 1. The monoisotopic (exact) mass is 318 g/mol. The first-order valence-corrected chi connectivity index (χ1v) is 6.31. The molecule has 1 aromatic rings. The molecule has 0 atom stereocenters. The van der Waals surface area contributed by atoms with Gasteiger partial charge in [0.1, 0.15) is 13.2 Å². The van der Waals surface area contributed by atoms with E-state index in [-0.39, 0.29) is 23.2 Å². The number of halogens is 4. The fourth-order valence-corrected chi connectivity index (χ4v) is 1.54. The largest absolute Gasteiger partial charge is 0.481 e. The van der Waals surface area contributed by atoms with Crippen molar-refractivity contribution in [2.75, 3.05) is 12.4 Å².